The fraction of sp³-hybridized carbons (Fsp3) is 0.293. The summed E-state index contributed by atoms with van der Waals surface area (Å²) in [6, 6.07) is 37.3. The molecule has 0 radical (unpaired) electrons. The summed E-state index contributed by atoms with van der Waals surface area (Å²) in [6.45, 7) is 14.1. The summed E-state index contributed by atoms with van der Waals surface area (Å²) in [7, 11) is 0. The Morgan fingerprint density at radius 1 is 0.636 bits per heavy atom. The van der Waals surface area contributed by atoms with Crippen LogP contribution in [0.1, 0.15) is 85.6 Å². The van der Waals surface area contributed by atoms with Crippen molar-refractivity contribution in [1.82, 2.24) is 0 Å². The molecule has 0 heterocycles. The van der Waals surface area contributed by atoms with Crippen molar-refractivity contribution in [3.05, 3.63) is 153 Å². The van der Waals surface area contributed by atoms with Gasteiger partial charge in [-0.3, -0.25) is 0 Å². The minimum Gasteiger partial charge on any atom is -1.00 e. The summed E-state index contributed by atoms with van der Waals surface area (Å²) in [5.74, 6) is 0. The van der Waals surface area contributed by atoms with Crippen LogP contribution in [0.3, 0.4) is 0 Å². The molecule has 0 aliphatic heterocycles. The Labute approximate surface area is 283 Å². The van der Waals surface area contributed by atoms with E-state index in [1.807, 2.05) is 0 Å². The van der Waals surface area contributed by atoms with E-state index in [9.17, 15) is 0 Å². The molecule has 0 saturated heterocycles. The van der Waals surface area contributed by atoms with Gasteiger partial charge in [-0.15, -0.1) is 0 Å². The van der Waals surface area contributed by atoms with E-state index >= 15 is 0 Å². The summed E-state index contributed by atoms with van der Waals surface area (Å²) in [5.41, 5.74) is 12.0. The van der Waals surface area contributed by atoms with Crippen LogP contribution in [0.15, 0.2) is 119 Å². The van der Waals surface area contributed by atoms with Gasteiger partial charge in [0.1, 0.15) is 0 Å². The van der Waals surface area contributed by atoms with Gasteiger partial charge in [-0.25, -0.2) is 0 Å². The predicted molar refractivity (Wildman–Crippen MR) is 178 cm³/mol. The van der Waals surface area contributed by atoms with Crippen molar-refractivity contribution in [2.24, 2.45) is 0 Å². The van der Waals surface area contributed by atoms with E-state index in [0.717, 1.165) is 19.3 Å². The predicted octanol–water partition coefficient (Wildman–Crippen LogP) is 4.48. The SMILES string of the molecule is CC(C)(C)c1ccc2c(c1)[CH]([Ti+2]([C]1=CC=CC1)=[C](Cc1ccccc1)Cc1ccccc1)c1cc(C(C)(C)C)ccc1-2.[Cl-].[Cl-]. The van der Waals surface area contributed by atoms with Crippen LogP contribution in [-0.2, 0) is 41.1 Å². The summed E-state index contributed by atoms with van der Waals surface area (Å²) in [6.07, 6.45) is 10.4. The minimum absolute atomic E-state index is 0. The molecule has 0 spiro atoms. The van der Waals surface area contributed by atoms with Crippen molar-refractivity contribution in [2.45, 2.75) is 75.9 Å². The molecule has 0 N–H and O–H groups in total. The van der Waals surface area contributed by atoms with E-state index in [0.29, 0.717) is 4.22 Å². The molecule has 0 saturated carbocycles. The second-order valence-electron chi connectivity index (χ2n) is 14.2. The molecular weight excluding hydrogens is 611 g/mol. The van der Waals surface area contributed by atoms with Crippen LogP contribution in [0.2, 0.25) is 0 Å². The van der Waals surface area contributed by atoms with Gasteiger partial charge in [-0.1, -0.05) is 0 Å². The van der Waals surface area contributed by atoms with Gasteiger partial charge in [0.2, 0.25) is 0 Å². The number of halogens is 2. The van der Waals surface area contributed by atoms with Crippen molar-refractivity contribution in [1.29, 1.82) is 0 Å². The van der Waals surface area contributed by atoms with Gasteiger partial charge in [0.25, 0.3) is 0 Å². The summed E-state index contributed by atoms with van der Waals surface area (Å²) >= 11 is -2.10. The second kappa shape index (κ2) is 13.9. The Hall–Kier alpha value is -2.48. The number of hydrogen-bond donors (Lipinski definition) is 0. The van der Waals surface area contributed by atoms with Crippen LogP contribution in [0, 0.1) is 0 Å². The van der Waals surface area contributed by atoms with Crippen LogP contribution in [0.4, 0.5) is 0 Å². The van der Waals surface area contributed by atoms with E-state index in [1.54, 1.807) is 18.8 Å². The van der Waals surface area contributed by atoms with Gasteiger partial charge in [0.05, 0.1) is 0 Å². The van der Waals surface area contributed by atoms with E-state index in [1.165, 1.54) is 33.4 Å². The van der Waals surface area contributed by atoms with Gasteiger partial charge in [0, 0.05) is 0 Å². The number of hydrogen-bond acceptors (Lipinski definition) is 0. The van der Waals surface area contributed by atoms with Gasteiger partial charge in [0.15, 0.2) is 0 Å². The van der Waals surface area contributed by atoms with E-state index in [2.05, 4.69) is 157 Å². The maximum Gasteiger partial charge on any atom is -1.00 e. The van der Waals surface area contributed by atoms with Gasteiger partial charge in [-0.05, 0) is 0 Å². The first-order chi connectivity index (χ1) is 20.1. The number of fused-ring (bicyclic) bond motifs is 3. The Morgan fingerprint density at radius 3 is 1.48 bits per heavy atom. The van der Waals surface area contributed by atoms with Crippen LogP contribution >= 0.6 is 0 Å². The molecule has 2 aliphatic rings. The first-order valence-electron chi connectivity index (χ1n) is 15.5. The van der Waals surface area contributed by atoms with E-state index < -0.39 is 17.4 Å². The average Bonchev–Trinajstić information content (AvgIpc) is 3.60. The molecule has 2 aliphatic carbocycles. The monoisotopic (exact) mass is 654 g/mol. The molecule has 226 valence electrons. The number of rotatable bonds is 6. The topological polar surface area (TPSA) is 0 Å². The molecule has 4 aromatic carbocycles. The third kappa shape index (κ3) is 7.16. The zero-order chi connectivity index (χ0) is 29.5. The minimum atomic E-state index is -2.10. The molecule has 0 aromatic heterocycles. The fourth-order valence-corrected chi connectivity index (χ4v) is 12.5. The Kier molecular flexibility index (Phi) is 10.9. The van der Waals surface area contributed by atoms with Crippen LogP contribution in [0.25, 0.3) is 11.1 Å². The van der Waals surface area contributed by atoms with E-state index in [4.69, 9.17) is 0 Å². The zero-order valence-corrected chi connectivity index (χ0v) is 30.0. The molecule has 6 rings (SSSR count). The van der Waals surface area contributed by atoms with Crippen molar-refractivity contribution in [2.75, 3.05) is 0 Å². The molecule has 4 aromatic rings. The molecule has 0 amide bonds. The molecule has 0 atom stereocenters. The standard InChI is InChI=1S/C21H25.C15H14.C5H5.2ClH.Ti/c1-20(2,3)16-7-9-18-14(12-16)11-15-13-17(21(4,5)6)8-10-19(15)18;1-3-8-14(9-4-1)12-7-13-15-10-5-2-6-11-15;1-2-4-5-3-1;;;/h7-13H,1-6H3;1-6,8-11H,12-13H2;1-3H,4H2;2*1H;/q;;;;;+2/p-2. The second-order valence-corrected chi connectivity index (χ2v) is 18.5. The Balaban J connectivity index is 0.00000221. The fourth-order valence-electron chi connectivity index (χ4n) is 6.71. The Morgan fingerprint density at radius 2 is 1.09 bits per heavy atom. The van der Waals surface area contributed by atoms with Crippen molar-refractivity contribution in [3.63, 3.8) is 0 Å². The number of benzene rings is 4. The first-order valence-corrected chi connectivity index (χ1v) is 18.0. The molecular formula is C41H44Cl2Ti. The van der Waals surface area contributed by atoms with Crippen LogP contribution < -0.4 is 24.8 Å². The average molecular weight is 656 g/mol. The first kappa shape index (κ1) is 34.4. The number of allylic oxidation sites excluding steroid dienone is 4. The van der Waals surface area contributed by atoms with Gasteiger partial charge in [-0.2, -0.15) is 0 Å². The van der Waals surface area contributed by atoms with E-state index in [-0.39, 0.29) is 35.6 Å². The van der Waals surface area contributed by atoms with Gasteiger partial charge >= 0.3 is 261 Å². The molecule has 0 fully saturated rings. The Bertz CT molecular complexity index is 1590. The third-order valence-electron chi connectivity index (χ3n) is 9.05. The third-order valence-corrected chi connectivity index (χ3v) is 14.3. The molecule has 3 heteroatoms. The summed E-state index contributed by atoms with van der Waals surface area (Å²) < 4.78 is 3.93. The smallest absolute Gasteiger partial charge is 1.00 e. The van der Waals surface area contributed by atoms with Crippen LogP contribution in [0.5, 0.6) is 0 Å². The maximum absolute atomic E-state index is 2.59. The maximum atomic E-state index is 2.59. The molecule has 0 unspecified atom stereocenters. The quantitative estimate of drug-likeness (QED) is 0.269. The van der Waals surface area contributed by atoms with Crippen molar-refractivity contribution >= 4 is 3.81 Å². The van der Waals surface area contributed by atoms with Gasteiger partial charge < -0.3 is 24.8 Å². The molecule has 0 nitrogen and oxygen atoms in total. The summed E-state index contributed by atoms with van der Waals surface area (Å²) in [4.78, 5) is 0. The molecule has 0 bridgehead atoms. The van der Waals surface area contributed by atoms with Crippen molar-refractivity contribution < 1.29 is 42.2 Å². The largest absolute Gasteiger partial charge is 1.00 e. The van der Waals surface area contributed by atoms with Crippen LogP contribution in [-0.4, -0.2) is 3.81 Å². The normalized spacial score (nSPS) is 13.6. The molecule has 44 heavy (non-hydrogen) atoms. The van der Waals surface area contributed by atoms with Crippen molar-refractivity contribution in [3.8, 4) is 11.1 Å². The summed E-state index contributed by atoms with van der Waals surface area (Å²) in [5, 5.41) is 0. The zero-order valence-electron chi connectivity index (χ0n) is 26.9.